The van der Waals surface area contributed by atoms with Crippen LogP contribution in [0.25, 0.3) is 20.9 Å². The van der Waals surface area contributed by atoms with Crippen LogP contribution in [0.1, 0.15) is 47.5 Å². The van der Waals surface area contributed by atoms with E-state index in [0.717, 1.165) is 40.1 Å². The number of nitrogens with zero attached hydrogens (tertiary/aromatic N) is 9. The summed E-state index contributed by atoms with van der Waals surface area (Å²) in [7, 11) is 0. The first kappa shape index (κ1) is 114. The van der Waals surface area contributed by atoms with Gasteiger partial charge in [0.15, 0.2) is 49.9 Å². The second-order valence-corrected chi connectivity index (χ2v) is 34.2. The van der Waals surface area contributed by atoms with Gasteiger partial charge in [-0.1, -0.05) is 20.5 Å². The van der Waals surface area contributed by atoms with E-state index in [0.29, 0.717) is 0 Å². The topological polar surface area (TPSA) is 974 Å². The monoisotopic (exact) mass is 2050 g/mol. The Balaban J connectivity index is 0.831. The van der Waals surface area contributed by atoms with Crippen LogP contribution < -0.4 is 21.3 Å². The molecule has 0 aromatic carbocycles. The molecule has 0 bridgehead atoms. The fourth-order valence-corrected chi connectivity index (χ4v) is 17.3. The quantitative estimate of drug-likeness (QED) is 0.00674. The van der Waals surface area contributed by atoms with Gasteiger partial charge in [-0.3, -0.25) is 19.2 Å². The Morgan fingerprint density at radius 3 is 1.13 bits per heavy atom. The molecule has 28 N–H and O–H groups in total. The first-order valence-corrected chi connectivity index (χ1v) is 44.1. The van der Waals surface area contributed by atoms with Crippen LogP contribution in [-0.4, -0.2) is 549 Å². The second-order valence-electron chi connectivity index (χ2n) is 34.2. The number of carbonyl (C=O) groups is 6. The summed E-state index contributed by atoms with van der Waals surface area (Å²) in [6.45, 7) is -5.04. The SMILES string of the molecule is CC(=O)N[C@H]1[C@H](O[C@@H]2[C@@H](OC[C@H]3O[C@@H](O[C@H]4[C@H](O)[C@H]5N=C(C)O[C@H]5O[C@@H]4CO)[C@@H](O)[C@@H](O[C@H]4O[C@H](CO)[C@@H](O)[C@H](O)[C@@H]4O[C@@H]4O[C@H](CO)[C@@H](O[C@@H]5O[C@H](CO[C@]6(C(=O)O)C[C@H](O)[C@@H](NC(C)=O)[C@H](/C=N/OCCN=[N+]=[N-])O6)[C@H](O)[C@H](O)[C@H]5O)[C@H](O)[C@H]4NC(C)=O)[C@@H]3O)O[C@H](CO)[C@@H](O)[C@@H]2O)O[C@H](CO)[C@@H](O[C@@H]2O[C@H](CO[C@]3(C(=O)O)C[C@H](O)[C@@H](NC(C)=O)[C@H](/C=N/OCCN=[N+]=[N-])O3)[C@H](O)[C@H](O)[C@H]2O)[C@@H]1O. The van der Waals surface area contributed by atoms with E-state index in [4.69, 9.17) is 115 Å². The molecular weight excluding hydrogens is 1930 g/mol. The van der Waals surface area contributed by atoms with Crippen LogP contribution >= 0.6 is 0 Å². The molecule has 11 rings (SSSR count). The Kier molecular flexibility index (Phi) is 40.7. The maximum absolute atomic E-state index is 13.2. The third-order valence-electron chi connectivity index (χ3n) is 24.4. The van der Waals surface area contributed by atoms with Crippen molar-refractivity contribution in [2.45, 2.75) is 341 Å². The minimum Gasteiger partial charge on any atom is -0.477 e. The molecule has 0 unspecified atom stereocenters. The van der Waals surface area contributed by atoms with Crippen molar-refractivity contribution in [3.05, 3.63) is 20.9 Å². The zero-order valence-electron chi connectivity index (χ0n) is 75.3. The summed E-state index contributed by atoms with van der Waals surface area (Å²) in [5, 5.41) is 298. The predicted molar refractivity (Wildman–Crippen MR) is 439 cm³/mol. The van der Waals surface area contributed by atoms with Gasteiger partial charge in [-0.2, -0.15) is 0 Å². The number of oxime groups is 2. The van der Waals surface area contributed by atoms with E-state index in [1.165, 1.54) is 6.92 Å². The molecule has 11 aliphatic rings. The molecule has 65 heteroatoms. The van der Waals surface area contributed by atoms with E-state index < -0.39 is 395 Å². The Labute approximate surface area is 795 Å². The number of aliphatic hydroxyl groups is 22. The largest absolute Gasteiger partial charge is 0.477 e. The average Bonchev–Trinajstić information content (AvgIpc) is 1.71. The summed E-state index contributed by atoms with van der Waals surface area (Å²) in [4.78, 5) is 96.4. The predicted octanol–water partition coefficient (Wildman–Crippen LogP) is -17.2. The lowest BCUT2D eigenvalue weighted by atomic mass is 9.93. The number of hydrogen-bond acceptors (Lipinski definition) is 55. The number of carboxylic acids is 2. The molecule has 10 fully saturated rings. The molecule has 10 saturated heterocycles. The van der Waals surface area contributed by atoms with Crippen LogP contribution in [0.15, 0.2) is 25.5 Å². The Morgan fingerprint density at radius 2 is 0.730 bits per heavy atom. The average molecular weight is 2050 g/mol. The molecule has 65 nitrogen and oxygen atoms in total. The van der Waals surface area contributed by atoms with Gasteiger partial charge in [-0.25, -0.2) is 14.6 Å². The number of nitrogens with one attached hydrogen (secondary N) is 4. The molecule has 0 aromatic rings. The number of carbonyl (C=O) groups excluding carboxylic acids is 4. The first-order chi connectivity index (χ1) is 66.9. The molecule has 4 amide bonds. The number of rotatable bonds is 42. The molecule has 11 heterocycles. The van der Waals surface area contributed by atoms with Crippen molar-refractivity contribution in [1.82, 2.24) is 21.3 Å². The molecule has 800 valence electrons. The van der Waals surface area contributed by atoms with Gasteiger partial charge >= 0.3 is 11.9 Å². The van der Waals surface area contributed by atoms with Crippen molar-refractivity contribution in [1.29, 1.82) is 0 Å². The molecule has 48 atom stereocenters. The Hall–Kier alpha value is -7.79. The summed E-state index contributed by atoms with van der Waals surface area (Å²) in [5.41, 5.74) is 17.2. The van der Waals surface area contributed by atoms with Crippen molar-refractivity contribution in [2.24, 2.45) is 25.5 Å². The lowest BCUT2D eigenvalue weighted by Crippen LogP contribution is -2.70. The van der Waals surface area contributed by atoms with Gasteiger partial charge in [0, 0.05) is 57.3 Å². The second kappa shape index (κ2) is 50.5. The van der Waals surface area contributed by atoms with Gasteiger partial charge in [0.1, 0.15) is 221 Å². The zero-order valence-corrected chi connectivity index (χ0v) is 75.3. The Bertz CT molecular complexity index is 4300. The third kappa shape index (κ3) is 26.4. The minimum absolute atomic E-state index is 0.00956. The van der Waals surface area contributed by atoms with E-state index in [9.17, 15) is 151 Å². The third-order valence-corrected chi connectivity index (χ3v) is 24.4. The molecule has 0 radical (unpaired) electrons. The van der Waals surface area contributed by atoms with E-state index >= 15 is 0 Å². The number of carboxylic acid groups (broad SMARTS) is 2. The summed E-state index contributed by atoms with van der Waals surface area (Å²) in [5.74, 6) is -13.2. The first-order valence-electron chi connectivity index (χ1n) is 44.1. The molecule has 141 heavy (non-hydrogen) atoms. The van der Waals surface area contributed by atoms with Gasteiger partial charge in [-0.15, -0.1) is 0 Å². The summed E-state index contributed by atoms with van der Waals surface area (Å²) < 4.78 is 119. The van der Waals surface area contributed by atoms with Crippen molar-refractivity contribution < 1.29 is 256 Å². The summed E-state index contributed by atoms with van der Waals surface area (Å²) in [6, 6.07) is -8.27. The standard InChI is InChI=1S/C76H119N13O52/c1-22(95)83-39-27(99)10-75(73(116)117,140-29(39)12-81-123-8-6-79-88-77)121-20-37-46(103)52(109)56(113)68(132-37)134-59-34(17-93)129-66(41(49(59)106)85-24(3)97)138-63-54(111)44(101)31(14-90)126-71(63)120-19-36-48(105)62(58(115)70(131-36)136-61-33(16-92)128-65-43(51(61)108)87-26(5)125-65)137-72-64(55(112)45(102)32(15-91)127-72)139-67-42(86-25(4)98)50(107)60(35(18-94)130-67)135-69-57(114)53(110)47(104)38(133-69)21-122-76(74(118)119)11-28(100)40(84-23(2)96)30(141-76)13-82-124-9-7-80-89-78/h12-13,27-72,90-94,99-115H,6-11,14-21H2,1-5H3,(H,83,95)(H,84,96)(H,85,97)(H,86,98)(H,116,117)(H,118,119)/b81-12+,82-13+/t27-,28-,29-,30-,31+,32+,33+,34+,35+,36+,37+,38+,39+,40+,41+,42+,43+,44+,45+,46-,47-,48+,49+,50+,51+,52-,53-,54-,55-,56+,57+,58-,59+,60+,61+,62-,63-,64-,65-,66-,67-,68-,69-,70-,71-,72+,75+,76+/m0/s1. The lowest BCUT2D eigenvalue weighted by Gasteiger charge is -2.51. The molecule has 0 aliphatic carbocycles. The number of azide groups is 2. The van der Waals surface area contributed by atoms with Crippen LogP contribution in [0.5, 0.6) is 0 Å². The number of aliphatic imine (C=N–C) groups is 1. The normalized spacial score (nSPS) is 44.7. The van der Waals surface area contributed by atoms with Gasteiger partial charge in [0.2, 0.25) is 29.9 Å². The van der Waals surface area contributed by atoms with Gasteiger partial charge in [0.05, 0.1) is 103 Å². The highest BCUT2D eigenvalue weighted by atomic mass is 16.8. The molecular formula is C76H119N13O52. The number of hydrogen-bond donors (Lipinski definition) is 28. The Morgan fingerprint density at radius 1 is 0.390 bits per heavy atom. The number of aliphatic hydroxyl groups excluding tert-OH is 22. The van der Waals surface area contributed by atoms with Gasteiger partial charge in [0.25, 0.3) is 11.6 Å². The number of amides is 4. The minimum atomic E-state index is -2.93. The maximum atomic E-state index is 13.2. The summed E-state index contributed by atoms with van der Waals surface area (Å²) in [6.07, 6.45) is -87.7. The molecule has 0 saturated carbocycles. The van der Waals surface area contributed by atoms with Gasteiger partial charge < -0.3 is 248 Å². The van der Waals surface area contributed by atoms with Crippen molar-refractivity contribution >= 4 is 53.9 Å². The van der Waals surface area contributed by atoms with Crippen molar-refractivity contribution in [3.8, 4) is 0 Å². The highest BCUT2D eigenvalue weighted by Crippen LogP contribution is 2.43. The van der Waals surface area contributed by atoms with Crippen LogP contribution in [0, 0.1) is 0 Å². The van der Waals surface area contributed by atoms with Crippen LogP contribution in [0.4, 0.5) is 0 Å². The van der Waals surface area contributed by atoms with Crippen molar-refractivity contribution in [2.75, 3.05) is 79.2 Å². The molecule has 11 aliphatic heterocycles. The van der Waals surface area contributed by atoms with Crippen LogP contribution in [-0.2, 0) is 133 Å². The number of fused-ring (bicyclic) bond motifs is 1. The smallest absolute Gasteiger partial charge is 0.364 e. The number of ether oxygens (including phenoxy) is 20. The van der Waals surface area contributed by atoms with Crippen LogP contribution in [0.2, 0.25) is 0 Å². The molecule has 0 aromatic heterocycles. The van der Waals surface area contributed by atoms with E-state index in [-0.39, 0.29) is 32.2 Å². The fourth-order valence-electron chi connectivity index (χ4n) is 17.3. The highest BCUT2D eigenvalue weighted by Gasteiger charge is 2.63. The number of aliphatic carboxylic acids is 2. The highest BCUT2D eigenvalue weighted by molar-refractivity contribution is 5.80. The summed E-state index contributed by atoms with van der Waals surface area (Å²) >= 11 is 0. The lowest BCUT2D eigenvalue weighted by molar-refractivity contribution is -0.397. The van der Waals surface area contributed by atoms with E-state index in [2.05, 4.69) is 56.6 Å². The van der Waals surface area contributed by atoms with Crippen molar-refractivity contribution in [3.63, 3.8) is 0 Å². The van der Waals surface area contributed by atoms with Crippen LogP contribution in [0.3, 0.4) is 0 Å². The fraction of sp³-hybridized carbons (Fsp3) is 0.882. The maximum Gasteiger partial charge on any atom is 0.364 e. The van der Waals surface area contributed by atoms with Gasteiger partial charge in [-0.05, 0) is 11.1 Å². The van der Waals surface area contributed by atoms with E-state index in [1.807, 2.05) is 0 Å². The molecule has 0 spiro atoms. The van der Waals surface area contributed by atoms with E-state index in [1.54, 1.807) is 0 Å². The zero-order chi connectivity index (χ0) is 103.